The van der Waals surface area contributed by atoms with Gasteiger partial charge in [0.05, 0.1) is 13.2 Å². The van der Waals surface area contributed by atoms with Crippen molar-refractivity contribution in [3.05, 3.63) is 18.0 Å². The van der Waals surface area contributed by atoms with Crippen molar-refractivity contribution >= 4 is 5.95 Å². The molecule has 2 heterocycles. The first-order chi connectivity index (χ1) is 9.56. The molecule has 1 fully saturated rings. The van der Waals surface area contributed by atoms with Crippen molar-refractivity contribution in [3.8, 4) is 0 Å². The molecule has 5 nitrogen and oxygen atoms in total. The zero-order valence-electron chi connectivity index (χ0n) is 13.0. The smallest absolute Gasteiger partial charge is 0.224 e. The van der Waals surface area contributed by atoms with Crippen molar-refractivity contribution < 1.29 is 4.74 Å². The van der Waals surface area contributed by atoms with Gasteiger partial charge in [0.2, 0.25) is 5.95 Å². The van der Waals surface area contributed by atoms with Crippen LogP contribution in [-0.4, -0.2) is 54.8 Å². The van der Waals surface area contributed by atoms with Crippen molar-refractivity contribution in [1.29, 1.82) is 0 Å². The van der Waals surface area contributed by atoms with E-state index in [0.717, 1.165) is 32.3 Å². The van der Waals surface area contributed by atoms with Gasteiger partial charge in [-0.3, -0.25) is 4.90 Å². The van der Waals surface area contributed by atoms with E-state index in [1.165, 1.54) is 12.0 Å². The van der Waals surface area contributed by atoms with E-state index in [4.69, 9.17) is 4.74 Å². The van der Waals surface area contributed by atoms with Gasteiger partial charge in [-0.25, -0.2) is 9.97 Å². The average molecular weight is 278 g/mol. The fourth-order valence-corrected chi connectivity index (χ4v) is 2.55. The fraction of sp³-hybridized carbons (Fsp3) is 0.733. The quantitative estimate of drug-likeness (QED) is 0.821. The first kappa shape index (κ1) is 15.2. The summed E-state index contributed by atoms with van der Waals surface area (Å²) in [6.07, 6.45) is 5.05. The van der Waals surface area contributed by atoms with Crippen molar-refractivity contribution in [2.45, 2.75) is 32.9 Å². The highest BCUT2D eigenvalue weighted by molar-refractivity contribution is 5.26. The van der Waals surface area contributed by atoms with Crippen LogP contribution in [0.5, 0.6) is 0 Å². The third-order valence-electron chi connectivity index (χ3n) is 3.57. The highest BCUT2D eigenvalue weighted by atomic mass is 16.5. The van der Waals surface area contributed by atoms with Gasteiger partial charge < -0.3 is 9.64 Å². The second-order valence-corrected chi connectivity index (χ2v) is 6.11. The molecule has 112 valence electrons. The molecule has 2 rings (SSSR count). The number of aromatic nitrogens is 2. The van der Waals surface area contributed by atoms with Crippen LogP contribution in [0.3, 0.4) is 0 Å². The molecule has 1 aliphatic heterocycles. The summed E-state index contributed by atoms with van der Waals surface area (Å²) in [5.41, 5.74) is 1.17. The van der Waals surface area contributed by atoms with Crippen LogP contribution in [0.25, 0.3) is 0 Å². The van der Waals surface area contributed by atoms with Crippen LogP contribution in [0.1, 0.15) is 25.8 Å². The van der Waals surface area contributed by atoms with E-state index >= 15 is 0 Å². The lowest BCUT2D eigenvalue weighted by Gasteiger charge is -2.36. The summed E-state index contributed by atoms with van der Waals surface area (Å²) in [6.45, 7) is 8.10. The van der Waals surface area contributed by atoms with Gasteiger partial charge in [-0.15, -0.1) is 0 Å². The maximum absolute atomic E-state index is 5.62. The molecular weight excluding hydrogens is 252 g/mol. The van der Waals surface area contributed by atoms with Crippen LogP contribution in [0, 0.1) is 5.92 Å². The molecule has 1 unspecified atom stereocenters. The molecule has 5 heteroatoms. The summed E-state index contributed by atoms with van der Waals surface area (Å²) >= 11 is 0. The zero-order chi connectivity index (χ0) is 14.5. The third kappa shape index (κ3) is 4.15. The lowest BCUT2D eigenvalue weighted by atomic mass is 10.0. The van der Waals surface area contributed by atoms with E-state index in [0.29, 0.717) is 12.0 Å². The van der Waals surface area contributed by atoms with E-state index < -0.39 is 0 Å². The molecule has 0 amide bonds. The van der Waals surface area contributed by atoms with Crippen LogP contribution in [0.2, 0.25) is 0 Å². The molecule has 0 saturated carbocycles. The van der Waals surface area contributed by atoms with E-state index in [-0.39, 0.29) is 0 Å². The Balaban J connectivity index is 1.99. The monoisotopic (exact) mass is 278 g/mol. The van der Waals surface area contributed by atoms with Gasteiger partial charge in [-0.2, -0.15) is 0 Å². The zero-order valence-corrected chi connectivity index (χ0v) is 13.0. The van der Waals surface area contributed by atoms with Gasteiger partial charge in [0, 0.05) is 51.2 Å². The van der Waals surface area contributed by atoms with E-state index in [1.807, 2.05) is 31.4 Å². The maximum Gasteiger partial charge on any atom is 0.224 e. The van der Waals surface area contributed by atoms with Crippen molar-refractivity contribution in [2.24, 2.45) is 5.92 Å². The number of anilines is 1. The fourth-order valence-electron chi connectivity index (χ4n) is 2.55. The van der Waals surface area contributed by atoms with Gasteiger partial charge >= 0.3 is 0 Å². The van der Waals surface area contributed by atoms with Crippen LogP contribution >= 0.6 is 0 Å². The molecule has 0 N–H and O–H groups in total. The van der Waals surface area contributed by atoms with Crippen LogP contribution in [0.4, 0.5) is 5.95 Å². The molecular formula is C15H26N4O. The number of ether oxygens (including phenoxy) is 1. The van der Waals surface area contributed by atoms with E-state index in [1.54, 1.807) is 0 Å². The lowest BCUT2D eigenvalue weighted by Crippen LogP contribution is -2.45. The Labute approximate surface area is 122 Å². The minimum atomic E-state index is 0.511. The van der Waals surface area contributed by atoms with Crippen molar-refractivity contribution in [2.75, 3.05) is 38.8 Å². The molecule has 0 radical (unpaired) electrons. The SMILES string of the molecule is CC(C)CC1COCCN1Cc1cnc(N(C)C)nc1. The minimum Gasteiger partial charge on any atom is -0.378 e. The van der Waals surface area contributed by atoms with Crippen LogP contribution in [-0.2, 0) is 11.3 Å². The van der Waals surface area contributed by atoms with Gasteiger partial charge in [-0.1, -0.05) is 13.8 Å². The largest absolute Gasteiger partial charge is 0.378 e. The number of nitrogens with zero attached hydrogens (tertiary/aromatic N) is 4. The summed E-state index contributed by atoms with van der Waals surface area (Å²) in [7, 11) is 3.91. The number of morpholine rings is 1. The Morgan fingerprint density at radius 3 is 2.65 bits per heavy atom. The third-order valence-corrected chi connectivity index (χ3v) is 3.57. The molecule has 1 aromatic rings. The van der Waals surface area contributed by atoms with Crippen LogP contribution < -0.4 is 4.90 Å². The van der Waals surface area contributed by atoms with Gasteiger partial charge in [0.1, 0.15) is 0 Å². The summed E-state index contributed by atoms with van der Waals surface area (Å²) in [6, 6.07) is 0.511. The molecule has 0 spiro atoms. The molecule has 0 aromatic carbocycles. The number of hydrogen-bond acceptors (Lipinski definition) is 5. The summed E-state index contributed by atoms with van der Waals surface area (Å²) in [4.78, 5) is 13.2. The maximum atomic E-state index is 5.62. The standard InChI is InChI=1S/C15H26N4O/c1-12(2)7-14-11-20-6-5-19(14)10-13-8-16-15(17-9-13)18(3)4/h8-9,12,14H,5-7,10-11H2,1-4H3. The predicted molar refractivity (Wildman–Crippen MR) is 80.8 cm³/mol. The highest BCUT2D eigenvalue weighted by Crippen LogP contribution is 2.18. The Hall–Kier alpha value is -1.20. The molecule has 20 heavy (non-hydrogen) atoms. The minimum absolute atomic E-state index is 0.511. The van der Waals surface area contributed by atoms with Gasteiger partial charge in [0.15, 0.2) is 0 Å². The normalized spacial score (nSPS) is 20.4. The molecule has 1 aromatic heterocycles. The second kappa shape index (κ2) is 6.99. The van der Waals surface area contributed by atoms with Gasteiger partial charge in [0.25, 0.3) is 0 Å². The van der Waals surface area contributed by atoms with Crippen molar-refractivity contribution in [1.82, 2.24) is 14.9 Å². The molecule has 1 saturated heterocycles. The highest BCUT2D eigenvalue weighted by Gasteiger charge is 2.23. The van der Waals surface area contributed by atoms with Gasteiger partial charge in [-0.05, 0) is 12.3 Å². The number of rotatable bonds is 5. The average Bonchev–Trinajstić information content (AvgIpc) is 2.41. The van der Waals surface area contributed by atoms with Crippen molar-refractivity contribution in [3.63, 3.8) is 0 Å². The first-order valence-electron chi connectivity index (χ1n) is 7.36. The van der Waals surface area contributed by atoms with E-state index in [9.17, 15) is 0 Å². The van der Waals surface area contributed by atoms with Crippen LogP contribution in [0.15, 0.2) is 12.4 Å². The van der Waals surface area contributed by atoms with E-state index in [2.05, 4.69) is 28.7 Å². The molecule has 0 aliphatic carbocycles. The summed E-state index contributed by atoms with van der Waals surface area (Å²) < 4.78 is 5.62. The second-order valence-electron chi connectivity index (χ2n) is 6.11. The summed E-state index contributed by atoms with van der Waals surface area (Å²) in [5, 5.41) is 0. The Kier molecular flexibility index (Phi) is 5.31. The Morgan fingerprint density at radius 1 is 1.35 bits per heavy atom. The Morgan fingerprint density at radius 2 is 2.05 bits per heavy atom. The topological polar surface area (TPSA) is 41.5 Å². The predicted octanol–water partition coefficient (Wildman–Crippen LogP) is 1.79. The Bertz CT molecular complexity index is 405. The lowest BCUT2D eigenvalue weighted by molar-refractivity contribution is -0.0187. The molecule has 1 atom stereocenters. The number of hydrogen-bond donors (Lipinski definition) is 0. The molecule has 1 aliphatic rings. The molecule has 0 bridgehead atoms. The first-order valence-corrected chi connectivity index (χ1v) is 7.36. The summed E-state index contributed by atoms with van der Waals surface area (Å²) in [5.74, 6) is 1.45.